The molecule has 0 saturated carbocycles. The lowest BCUT2D eigenvalue weighted by Crippen LogP contribution is -2.41. The molecule has 2 heterocycles. The number of benzene rings is 7. The zero-order chi connectivity index (χ0) is 52.4. The average Bonchev–Trinajstić information content (AvgIpc) is 3.96. The van der Waals surface area contributed by atoms with E-state index in [2.05, 4.69) is 0 Å². The predicted molar refractivity (Wildman–Crippen MR) is 263 cm³/mol. The van der Waals surface area contributed by atoms with Crippen molar-refractivity contribution in [3.8, 4) is 33.9 Å². The molecule has 4 nitrogen and oxygen atoms in total. The maximum absolute atomic E-state index is 16.0. The van der Waals surface area contributed by atoms with Gasteiger partial charge < -0.3 is 13.8 Å². The minimum absolute atomic E-state index is 0.0499. The first-order valence-corrected chi connectivity index (χ1v) is 23.0. The fraction of sp³-hybridized carbons (Fsp3) is 0.155. The van der Waals surface area contributed by atoms with Gasteiger partial charge in [0, 0.05) is 33.5 Å². The van der Waals surface area contributed by atoms with Crippen LogP contribution in [0.1, 0.15) is 86.2 Å². The number of fused-ring (bicyclic) bond motifs is 1. The SMILES string of the molecule is Cc1ccc(C2=N/C(=C(/c3ccccc3)c3c(-c4ccc(C(C)(C)C)cc4)cc(-c4ccc(C(C)(C)C)cc4)n3B(Oc3c(F)c(F)c(F)c(F)c3F)Oc3c(F)c(F)c(F)c(F)c3F)c3ccccc32)cc1. The van der Waals surface area contributed by atoms with Crippen LogP contribution in [0.2, 0.25) is 0 Å². The van der Waals surface area contributed by atoms with E-state index >= 15 is 35.1 Å². The van der Waals surface area contributed by atoms with E-state index in [9.17, 15) is 8.78 Å². The van der Waals surface area contributed by atoms with Gasteiger partial charge in [0.2, 0.25) is 58.2 Å². The molecule has 7 aromatic carbocycles. The van der Waals surface area contributed by atoms with E-state index in [0.29, 0.717) is 33.5 Å². The largest absolute Gasteiger partial charge is 0.743 e. The number of hydrogen-bond donors (Lipinski definition) is 0. The van der Waals surface area contributed by atoms with Crippen molar-refractivity contribution in [2.24, 2.45) is 4.99 Å². The predicted octanol–water partition coefficient (Wildman–Crippen LogP) is 15.9. The number of nitrogens with zero attached hydrogens (tertiary/aromatic N) is 2. The third-order valence-corrected chi connectivity index (χ3v) is 12.7. The molecule has 0 N–H and O–H groups in total. The van der Waals surface area contributed by atoms with Crippen LogP contribution < -0.4 is 9.31 Å². The molecule has 1 aliphatic heterocycles. The van der Waals surface area contributed by atoms with Crippen LogP contribution in [0.25, 0.3) is 33.7 Å². The first-order chi connectivity index (χ1) is 34.6. The summed E-state index contributed by atoms with van der Waals surface area (Å²) in [6.07, 6.45) is 0. The summed E-state index contributed by atoms with van der Waals surface area (Å²) in [6, 6.07) is 39.0. The lowest BCUT2D eigenvalue weighted by molar-refractivity contribution is 0.306. The molecule has 0 fully saturated rings. The molecular formula is C58H43BF10N2O2. The van der Waals surface area contributed by atoms with Gasteiger partial charge in [0.05, 0.1) is 17.1 Å². The lowest BCUT2D eigenvalue weighted by atomic mass is 9.85. The number of hydrogen-bond acceptors (Lipinski definition) is 3. The third kappa shape index (κ3) is 9.10. The molecule has 1 aromatic heterocycles. The highest BCUT2D eigenvalue weighted by atomic mass is 19.2. The Bertz CT molecular complexity index is 3390. The van der Waals surface area contributed by atoms with Gasteiger partial charge in [0.25, 0.3) is 0 Å². The molecule has 1 aliphatic rings. The van der Waals surface area contributed by atoms with E-state index in [0.717, 1.165) is 21.2 Å². The Morgan fingerprint density at radius 3 is 1.33 bits per heavy atom. The topological polar surface area (TPSA) is 35.8 Å². The van der Waals surface area contributed by atoms with Crippen molar-refractivity contribution in [1.29, 1.82) is 0 Å². The van der Waals surface area contributed by atoms with Crippen molar-refractivity contribution in [2.45, 2.75) is 59.3 Å². The van der Waals surface area contributed by atoms with E-state index in [4.69, 9.17) is 14.3 Å². The summed E-state index contributed by atoms with van der Waals surface area (Å²) in [6.45, 7) is 13.8. The van der Waals surface area contributed by atoms with Crippen LogP contribution >= 0.6 is 0 Å². The second kappa shape index (κ2) is 19.0. The van der Waals surface area contributed by atoms with Gasteiger partial charge in [-0.25, -0.2) is 31.3 Å². The Morgan fingerprint density at radius 2 is 0.863 bits per heavy atom. The Hall–Kier alpha value is -7.81. The summed E-state index contributed by atoms with van der Waals surface area (Å²) in [5.74, 6) is -29.2. The fourth-order valence-electron chi connectivity index (χ4n) is 8.68. The van der Waals surface area contributed by atoms with Crippen molar-refractivity contribution in [1.82, 2.24) is 4.48 Å². The minimum atomic E-state index is -2.88. The summed E-state index contributed by atoms with van der Waals surface area (Å²) in [5.41, 5.74) is 6.03. The molecule has 9 rings (SSSR count). The first kappa shape index (κ1) is 50.1. The Morgan fingerprint density at radius 1 is 0.452 bits per heavy atom. The van der Waals surface area contributed by atoms with E-state index in [1.165, 1.54) is 0 Å². The molecule has 0 amide bonds. The monoisotopic (exact) mass is 1000 g/mol. The molecule has 0 unspecified atom stereocenters. The van der Waals surface area contributed by atoms with Crippen LogP contribution in [0.3, 0.4) is 0 Å². The third-order valence-electron chi connectivity index (χ3n) is 12.7. The van der Waals surface area contributed by atoms with Gasteiger partial charge >= 0.3 is 7.25 Å². The maximum atomic E-state index is 16.0. The van der Waals surface area contributed by atoms with Gasteiger partial charge in [-0.2, -0.15) is 17.6 Å². The van der Waals surface area contributed by atoms with Crippen LogP contribution in [0.4, 0.5) is 43.9 Å². The molecule has 0 radical (unpaired) electrons. The van der Waals surface area contributed by atoms with Crippen molar-refractivity contribution in [2.75, 3.05) is 0 Å². The van der Waals surface area contributed by atoms with Crippen molar-refractivity contribution in [3.05, 3.63) is 236 Å². The Kier molecular flexibility index (Phi) is 13.0. The van der Waals surface area contributed by atoms with Gasteiger partial charge in [0.15, 0.2) is 11.5 Å². The van der Waals surface area contributed by atoms with Crippen LogP contribution in [0, 0.1) is 65.1 Å². The summed E-state index contributed by atoms with van der Waals surface area (Å²) >= 11 is 0. The molecule has 8 aromatic rings. The zero-order valence-corrected chi connectivity index (χ0v) is 40.3. The van der Waals surface area contributed by atoms with E-state index in [1.54, 1.807) is 84.9 Å². The first-order valence-electron chi connectivity index (χ1n) is 23.0. The summed E-state index contributed by atoms with van der Waals surface area (Å²) in [7, 11) is -2.88. The Balaban J connectivity index is 1.50. The fourth-order valence-corrected chi connectivity index (χ4v) is 8.68. The normalized spacial score (nSPS) is 13.2. The van der Waals surface area contributed by atoms with Crippen molar-refractivity contribution in [3.63, 3.8) is 0 Å². The van der Waals surface area contributed by atoms with Gasteiger partial charge in [-0.05, 0) is 51.6 Å². The average molecular weight is 1000 g/mol. The van der Waals surface area contributed by atoms with Crippen LogP contribution in [0.15, 0.2) is 138 Å². The molecule has 73 heavy (non-hydrogen) atoms. The number of rotatable bonds is 10. The number of aromatic nitrogens is 1. The highest BCUT2D eigenvalue weighted by molar-refractivity contribution is 6.46. The van der Waals surface area contributed by atoms with Gasteiger partial charge in [-0.1, -0.05) is 174 Å². The Labute approximate surface area is 415 Å². The molecule has 370 valence electrons. The van der Waals surface area contributed by atoms with E-state index < -0.39 is 82.3 Å². The molecular weight excluding hydrogens is 957 g/mol. The second-order valence-corrected chi connectivity index (χ2v) is 19.6. The standard InChI is InChI=1S/C58H43BF10N2O2/c1-30-17-19-34(20-18-30)52-37-15-11-12-16-38(37)53(70-52)41(33-13-9-8-10-14-33)54-39(31-21-25-35(26-22-31)57(2,3)4)29-40(32-23-27-36(28-24-32)58(5,6)7)71(54)59(72-55-48(66)44(62)42(60)45(63)49(55)67)73-56-50(68)46(64)43(61)47(65)51(56)69/h8-29H,1-7H3/b53-41-. The quantitative estimate of drug-likeness (QED) is 0.0592. The van der Waals surface area contributed by atoms with E-state index in [1.807, 2.05) is 97.0 Å². The second-order valence-electron chi connectivity index (χ2n) is 19.6. The van der Waals surface area contributed by atoms with Crippen LogP contribution in [-0.2, 0) is 10.8 Å². The maximum Gasteiger partial charge on any atom is 0.743 e. The summed E-state index contributed by atoms with van der Waals surface area (Å²) < 4.78 is 167. The van der Waals surface area contributed by atoms with Crippen LogP contribution in [-0.4, -0.2) is 17.4 Å². The van der Waals surface area contributed by atoms with Gasteiger partial charge in [0.1, 0.15) is 0 Å². The lowest BCUT2D eigenvalue weighted by Gasteiger charge is -2.25. The molecule has 0 bridgehead atoms. The van der Waals surface area contributed by atoms with Gasteiger partial charge in [-0.15, -0.1) is 0 Å². The van der Waals surface area contributed by atoms with Crippen LogP contribution in [0.5, 0.6) is 11.5 Å². The number of halogens is 10. The van der Waals surface area contributed by atoms with E-state index in [-0.39, 0.29) is 39.2 Å². The minimum Gasteiger partial charge on any atom is -0.502 e. The summed E-state index contributed by atoms with van der Waals surface area (Å²) in [5, 5.41) is 0. The highest BCUT2D eigenvalue weighted by Gasteiger charge is 2.43. The van der Waals surface area contributed by atoms with Crippen molar-refractivity contribution < 1.29 is 53.2 Å². The highest BCUT2D eigenvalue weighted by Crippen LogP contribution is 2.47. The molecule has 0 aliphatic carbocycles. The smallest absolute Gasteiger partial charge is 0.502 e. The summed E-state index contributed by atoms with van der Waals surface area (Å²) in [4.78, 5) is 5.28. The molecule has 15 heteroatoms. The van der Waals surface area contributed by atoms with Gasteiger partial charge in [-0.3, -0.25) is 0 Å². The zero-order valence-electron chi connectivity index (χ0n) is 40.3. The number of aryl methyl sites for hydroxylation is 1. The van der Waals surface area contributed by atoms with Crippen molar-refractivity contribution >= 4 is 24.2 Å². The number of aliphatic imine (C=N–C) groups is 1. The molecule has 0 saturated heterocycles. The molecule has 0 spiro atoms. The molecule has 0 atom stereocenters.